The van der Waals surface area contributed by atoms with E-state index < -0.39 is 18.2 Å². The summed E-state index contributed by atoms with van der Waals surface area (Å²) in [6.07, 6.45) is -4.59. The Balaban J connectivity index is 2.03. The molecule has 2 rings (SSSR count). The molecule has 0 saturated heterocycles. The molecule has 1 atom stereocenters. The Bertz CT molecular complexity index is 675. The summed E-state index contributed by atoms with van der Waals surface area (Å²) in [5.74, 6) is 0.549. The number of carbonyl (C=O) groups is 1. The predicted molar refractivity (Wildman–Crippen MR) is 83.6 cm³/mol. The zero-order valence-corrected chi connectivity index (χ0v) is 12.9. The van der Waals surface area contributed by atoms with Gasteiger partial charge in [-0.25, -0.2) is 4.79 Å². The molecule has 24 heavy (non-hydrogen) atoms. The monoisotopic (exact) mass is 338 g/mol. The van der Waals surface area contributed by atoms with Gasteiger partial charge in [-0.2, -0.15) is 13.2 Å². The first-order chi connectivity index (χ1) is 11.4. The van der Waals surface area contributed by atoms with Crippen LogP contribution in [-0.2, 0) is 6.54 Å². The van der Waals surface area contributed by atoms with Crippen LogP contribution in [0.4, 0.5) is 18.0 Å². The molecule has 0 aromatic heterocycles. The number of alkyl halides is 3. The van der Waals surface area contributed by atoms with E-state index in [0.717, 1.165) is 0 Å². The summed E-state index contributed by atoms with van der Waals surface area (Å²) in [5, 5.41) is 4.38. The molecule has 0 aliphatic carbocycles. The van der Waals surface area contributed by atoms with Gasteiger partial charge in [-0.05, 0) is 11.6 Å². The number of methoxy groups -OCH3 is 1. The summed E-state index contributed by atoms with van der Waals surface area (Å²) in [7, 11) is 1.48. The zero-order valence-electron chi connectivity index (χ0n) is 12.9. The SMILES string of the molecule is COc1ccccc1CNC(=O)N[C@H](c1ccccc1)C(F)(F)F. The van der Waals surface area contributed by atoms with Crippen molar-refractivity contribution in [2.75, 3.05) is 7.11 Å². The summed E-state index contributed by atoms with van der Waals surface area (Å²) < 4.78 is 44.7. The molecule has 128 valence electrons. The second-order valence-electron chi connectivity index (χ2n) is 5.02. The number of hydrogen-bond donors (Lipinski definition) is 2. The number of benzene rings is 2. The van der Waals surface area contributed by atoms with Gasteiger partial charge in [0.15, 0.2) is 6.04 Å². The summed E-state index contributed by atoms with van der Waals surface area (Å²) in [6, 6.07) is 11.2. The highest BCUT2D eigenvalue weighted by molar-refractivity contribution is 5.74. The van der Waals surface area contributed by atoms with Gasteiger partial charge in [0.05, 0.1) is 7.11 Å². The van der Waals surface area contributed by atoms with Crippen LogP contribution in [-0.4, -0.2) is 19.3 Å². The topological polar surface area (TPSA) is 50.4 Å². The van der Waals surface area contributed by atoms with Crippen molar-refractivity contribution < 1.29 is 22.7 Å². The molecule has 0 aliphatic heterocycles. The maximum atomic E-state index is 13.2. The third-order valence-electron chi connectivity index (χ3n) is 3.37. The van der Waals surface area contributed by atoms with E-state index in [1.165, 1.54) is 31.4 Å². The largest absolute Gasteiger partial charge is 0.496 e. The van der Waals surface area contributed by atoms with Gasteiger partial charge >= 0.3 is 12.2 Å². The second-order valence-corrected chi connectivity index (χ2v) is 5.02. The highest BCUT2D eigenvalue weighted by atomic mass is 19.4. The average molecular weight is 338 g/mol. The number of para-hydroxylation sites is 1. The smallest absolute Gasteiger partial charge is 0.412 e. The molecule has 2 aromatic carbocycles. The van der Waals surface area contributed by atoms with E-state index in [1.54, 1.807) is 30.3 Å². The molecular weight excluding hydrogens is 321 g/mol. The third-order valence-corrected chi connectivity index (χ3v) is 3.37. The Labute approximate surface area is 137 Å². The molecule has 0 bridgehead atoms. The first kappa shape index (κ1) is 17.7. The van der Waals surface area contributed by atoms with Crippen LogP contribution in [0.5, 0.6) is 5.75 Å². The van der Waals surface area contributed by atoms with E-state index in [9.17, 15) is 18.0 Å². The van der Waals surface area contributed by atoms with Gasteiger partial charge in [-0.15, -0.1) is 0 Å². The average Bonchev–Trinajstić information content (AvgIpc) is 2.58. The fourth-order valence-electron chi connectivity index (χ4n) is 2.21. The van der Waals surface area contributed by atoms with E-state index >= 15 is 0 Å². The molecule has 7 heteroatoms. The Morgan fingerprint density at radius 2 is 1.71 bits per heavy atom. The van der Waals surface area contributed by atoms with Gasteiger partial charge in [-0.1, -0.05) is 48.5 Å². The molecule has 0 aliphatic rings. The van der Waals surface area contributed by atoms with Crippen molar-refractivity contribution in [3.8, 4) is 5.75 Å². The van der Waals surface area contributed by atoms with Crippen LogP contribution in [0.1, 0.15) is 17.2 Å². The van der Waals surface area contributed by atoms with E-state index in [1.807, 2.05) is 5.32 Å². The summed E-state index contributed by atoms with van der Waals surface area (Å²) in [4.78, 5) is 11.9. The molecule has 2 aromatic rings. The van der Waals surface area contributed by atoms with Crippen molar-refractivity contribution in [3.63, 3.8) is 0 Å². The lowest BCUT2D eigenvalue weighted by Gasteiger charge is -2.22. The number of hydrogen-bond acceptors (Lipinski definition) is 2. The van der Waals surface area contributed by atoms with Crippen molar-refractivity contribution in [2.45, 2.75) is 18.8 Å². The van der Waals surface area contributed by atoms with Crippen LogP contribution >= 0.6 is 0 Å². The molecule has 0 heterocycles. The second kappa shape index (κ2) is 7.72. The molecule has 0 unspecified atom stereocenters. The standard InChI is InChI=1S/C17H17F3N2O2/c1-24-14-10-6-5-9-13(14)11-21-16(23)22-15(17(18,19)20)12-7-3-2-4-8-12/h2-10,15H,11H2,1H3,(H2,21,22,23)/t15-/m1/s1. The number of carbonyl (C=O) groups excluding carboxylic acids is 1. The summed E-state index contributed by atoms with van der Waals surface area (Å²) in [5.41, 5.74) is 0.635. The summed E-state index contributed by atoms with van der Waals surface area (Å²) in [6.45, 7) is 0.0508. The highest BCUT2D eigenvalue weighted by Crippen LogP contribution is 2.32. The van der Waals surface area contributed by atoms with Crippen LogP contribution in [0.2, 0.25) is 0 Å². The fourth-order valence-corrected chi connectivity index (χ4v) is 2.21. The molecule has 0 fully saturated rings. The van der Waals surface area contributed by atoms with E-state index in [0.29, 0.717) is 11.3 Å². The minimum atomic E-state index is -4.59. The van der Waals surface area contributed by atoms with Gasteiger partial charge in [-0.3, -0.25) is 0 Å². The van der Waals surface area contributed by atoms with Crippen LogP contribution in [0, 0.1) is 0 Å². The minimum absolute atomic E-state index is 0.0301. The van der Waals surface area contributed by atoms with Crippen molar-refractivity contribution in [3.05, 3.63) is 65.7 Å². The van der Waals surface area contributed by atoms with Crippen molar-refractivity contribution >= 4 is 6.03 Å². The van der Waals surface area contributed by atoms with Gasteiger partial charge < -0.3 is 15.4 Å². The quantitative estimate of drug-likeness (QED) is 0.871. The summed E-state index contributed by atoms with van der Waals surface area (Å²) >= 11 is 0. The molecule has 4 nitrogen and oxygen atoms in total. The molecule has 2 amide bonds. The number of nitrogens with one attached hydrogen (secondary N) is 2. The number of ether oxygens (including phenoxy) is 1. The molecular formula is C17H17F3N2O2. The van der Waals surface area contributed by atoms with Gasteiger partial charge in [0, 0.05) is 12.1 Å². The van der Waals surface area contributed by atoms with Crippen molar-refractivity contribution in [1.82, 2.24) is 10.6 Å². The fraction of sp³-hybridized carbons (Fsp3) is 0.235. The predicted octanol–water partition coefficient (Wildman–Crippen LogP) is 3.80. The van der Waals surface area contributed by atoms with Crippen LogP contribution in [0.15, 0.2) is 54.6 Å². The van der Waals surface area contributed by atoms with Crippen molar-refractivity contribution in [2.24, 2.45) is 0 Å². The lowest BCUT2D eigenvalue weighted by Crippen LogP contribution is -2.43. The van der Waals surface area contributed by atoms with E-state index in [2.05, 4.69) is 5.32 Å². The van der Waals surface area contributed by atoms with Gasteiger partial charge in [0.2, 0.25) is 0 Å². The molecule has 0 saturated carbocycles. The number of amides is 2. The molecule has 0 spiro atoms. The maximum absolute atomic E-state index is 13.2. The first-order valence-corrected chi connectivity index (χ1v) is 7.19. The lowest BCUT2D eigenvalue weighted by molar-refractivity contribution is -0.154. The lowest BCUT2D eigenvalue weighted by atomic mass is 10.1. The first-order valence-electron chi connectivity index (χ1n) is 7.19. The molecule has 0 radical (unpaired) electrons. The van der Waals surface area contributed by atoms with Gasteiger partial charge in [0.1, 0.15) is 5.75 Å². The van der Waals surface area contributed by atoms with Crippen molar-refractivity contribution in [1.29, 1.82) is 0 Å². The highest BCUT2D eigenvalue weighted by Gasteiger charge is 2.41. The minimum Gasteiger partial charge on any atom is -0.496 e. The van der Waals surface area contributed by atoms with Gasteiger partial charge in [0.25, 0.3) is 0 Å². The van der Waals surface area contributed by atoms with E-state index in [4.69, 9.17) is 4.74 Å². The molecule has 2 N–H and O–H groups in total. The van der Waals surface area contributed by atoms with Crippen LogP contribution < -0.4 is 15.4 Å². The third kappa shape index (κ3) is 4.65. The Hall–Kier alpha value is -2.70. The van der Waals surface area contributed by atoms with Crippen LogP contribution in [0.25, 0.3) is 0 Å². The Kier molecular flexibility index (Phi) is 5.68. The number of halogens is 3. The number of rotatable bonds is 5. The maximum Gasteiger partial charge on any atom is 0.412 e. The van der Waals surface area contributed by atoms with E-state index in [-0.39, 0.29) is 12.1 Å². The Morgan fingerprint density at radius 1 is 1.08 bits per heavy atom. The number of urea groups is 1. The Morgan fingerprint density at radius 3 is 2.33 bits per heavy atom. The van der Waals surface area contributed by atoms with Crippen LogP contribution in [0.3, 0.4) is 0 Å². The zero-order chi connectivity index (χ0) is 17.6. The normalized spacial score (nSPS) is 12.3.